The summed E-state index contributed by atoms with van der Waals surface area (Å²) in [5.41, 5.74) is 2.42. The van der Waals surface area contributed by atoms with Crippen molar-refractivity contribution >= 4 is 6.08 Å². The van der Waals surface area contributed by atoms with Crippen molar-refractivity contribution < 1.29 is 4.74 Å². The van der Waals surface area contributed by atoms with Crippen LogP contribution in [0.5, 0.6) is 5.88 Å². The van der Waals surface area contributed by atoms with Gasteiger partial charge in [0.05, 0.1) is 7.11 Å². The lowest BCUT2D eigenvalue weighted by Crippen LogP contribution is -2.27. The highest BCUT2D eigenvalue weighted by atomic mass is 16.5. The first-order chi connectivity index (χ1) is 8.17. The van der Waals surface area contributed by atoms with Crippen molar-refractivity contribution in [2.45, 2.75) is 33.2 Å². The highest BCUT2D eigenvalue weighted by Crippen LogP contribution is 2.12. The lowest BCUT2D eigenvalue weighted by Gasteiger charge is -2.13. The minimum atomic E-state index is 0.400. The van der Waals surface area contributed by atoms with E-state index in [0.29, 0.717) is 11.9 Å². The van der Waals surface area contributed by atoms with Crippen molar-refractivity contribution in [1.29, 1.82) is 0 Å². The van der Waals surface area contributed by atoms with Gasteiger partial charge < -0.3 is 10.1 Å². The molecule has 94 valence electrons. The quantitative estimate of drug-likeness (QED) is 0.821. The molecule has 0 fully saturated rings. The molecular formula is C14H22N2O. The summed E-state index contributed by atoms with van der Waals surface area (Å²) in [5, 5.41) is 3.46. The zero-order valence-electron chi connectivity index (χ0n) is 11.2. The monoisotopic (exact) mass is 234 g/mol. The van der Waals surface area contributed by atoms with E-state index in [1.165, 1.54) is 5.57 Å². The van der Waals surface area contributed by atoms with E-state index in [2.05, 4.69) is 37.1 Å². The van der Waals surface area contributed by atoms with Gasteiger partial charge in [-0.05, 0) is 38.4 Å². The molecule has 1 aromatic rings. The minimum absolute atomic E-state index is 0.400. The van der Waals surface area contributed by atoms with Crippen molar-refractivity contribution in [2.75, 3.05) is 13.7 Å². The Labute approximate surface area is 104 Å². The van der Waals surface area contributed by atoms with Gasteiger partial charge in [-0.15, -0.1) is 0 Å². The van der Waals surface area contributed by atoms with Crippen molar-refractivity contribution in [2.24, 2.45) is 0 Å². The van der Waals surface area contributed by atoms with Gasteiger partial charge in [0.15, 0.2) is 0 Å². The Balaban J connectivity index is 2.65. The molecule has 0 aliphatic carbocycles. The van der Waals surface area contributed by atoms with Gasteiger partial charge in [0.25, 0.3) is 0 Å². The number of methoxy groups -OCH3 is 1. The molecule has 1 atom stereocenters. The van der Waals surface area contributed by atoms with Crippen LogP contribution in [0, 0.1) is 0 Å². The Morgan fingerprint density at radius 2 is 2.29 bits per heavy atom. The Kier molecular flexibility index (Phi) is 5.70. The van der Waals surface area contributed by atoms with Crippen LogP contribution in [0.15, 0.2) is 23.9 Å². The van der Waals surface area contributed by atoms with Gasteiger partial charge in [-0.1, -0.05) is 18.6 Å². The normalized spacial score (nSPS) is 13.5. The minimum Gasteiger partial charge on any atom is -0.481 e. The smallest absolute Gasteiger partial charge is 0.212 e. The van der Waals surface area contributed by atoms with Gasteiger partial charge in [0, 0.05) is 18.3 Å². The molecule has 3 nitrogen and oxygen atoms in total. The molecule has 3 heteroatoms. The summed E-state index contributed by atoms with van der Waals surface area (Å²) < 4.78 is 5.03. The molecule has 0 saturated heterocycles. The van der Waals surface area contributed by atoms with E-state index < -0.39 is 0 Å². The highest BCUT2D eigenvalue weighted by molar-refractivity contribution is 5.52. The van der Waals surface area contributed by atoms with Crippen LogP contribution in [0.2, 0.25) is 0 Å². The topological polar surface area (TPSA) is 34.1 Å². The fraction of sp³-hybridized carbons (Fsp3) is 0.500. The maximum Gasteiger partial charge on any atom is 0.212 e. The zero-order valence-corrected chi connectivity index (χ0v) is 11.2. The van der Waals surface area contributed by atoms with Gasteiger partial charge in [-0.25, -0.2) is 4.98 Å². The highest BCUT2D eigenvalue weighted by Gasteiger charge is 2.02. The molecule has 0 bridgehead atoms. The molecule has 1 N–H and O–H groups in total. The maximum absolute atomic E-state index is 5.03. The molecular weight excluding hydrogens is 212 g/mol. The van der Waals surface area contributed by atoms with E-state index in [4.69, 9.17) is 4.74 Å². The summed E-state index contributed by atoms with van der Waals surface area (Å²) in [6.07, 6.45) is 5.14. The van der Waals surface area contributed by atoms with Crippen LogP contribution in [-0.4, -0.2) is 24.7 Å². The largest absolute Gasteiger partial charge is 0.481 e. The van der Waals surface area contributed by atoms with E-state index >= 15 is 0 Å². The molecule has 1 rings (SSSR count). The van der Waals surface area contributed by atoms with Gasteiger partial charge in [-0.2, -0.15) is 0 Å². The summed E-state index contributed by atoms with van der Waals surface area (Å²) in [7, 11) is 1.62. The Bertz CT molecular complexity index is 357. The maximum atomic E-state index is 5.03. The van der Waals surface area contributed by atoms with Crippen molar-refractivity contribution in [3.05, 3.63) is 29.5 Å². The summed E-state index contributed by atoms with van der Waals surface area (Å²) in [4.78, 5) is 4.18. The zero-order chi connectivity index (χ0) is 12.7. The lowest BCUT2D eigenvalue weighted by atomic mass is 10.1. The molecule has 1 heterocycles. The second-order valence-corrected chi connectivity index (χ2v) is 4.20. The van der Waals surface area contributed by atoms with E-state index in [9.17, 15) is 0 Å². The summed E-state index contributed by atoms with van der Waals surface area (Å²) in [6, 6.07) is 4.29. The third-order valence-corrected chi connectivity index (χ3v) is 2.75. The second kappa shape index (κ2) is 7.07. The standard InChI is InChI=1S/C14H22N2O/c1-5-8-15-12(3)11(2)9-13-6-7-14(17-4)16-10-13/h6-7,9-10,12,15H,5,8H2,1-4H3/b11-9+. The van der Waals surface area contributed by atoms with Crippen LogP contribution in [0.1, 0.15) is 32.8 Å². The number of rotatable bonds is 6. The molecule has 0 radical (unpaired) electrons. The average molecular weight is 234 g/mol. The predicted molar refractivity (Wildman–Crippen MR) is 72.2 cm³/mol. The number of pyridine rings is 1. The van der Waals surface area contributed by atoms with Crippen molar-refractivity contribution in [1.82, 2.24) is 10.3 Å². The second-order valence-electron chi connectivity index (χ2n) is 4.20. The van der Waals surface area contributed by atoms with Crippen LogP contribution in [-0.2, 0) is 0 Å². The summed E-state index contributed by atoms with van der Waals surface area (Å²) >= 11 is 0. The Morgan fingerprint density at radius 1 is 1.53 bits per heavy atom. The number of aromatic nitrogens is 1. The first-order valence-electron chi connectivity index (χ1n) is 6.09. The Morgan fingerprint density at radius 3 is 2.82 bits per heavy atom. The van der Waals surface area contributed by atoms with Crippen LogP contribution < -0.4 is 10.1 Å². The van der Waals surface area contributed by atoms with Crippen LogP contribution in [0.4, 0.5) is 0 Å². The first-order valence-corrected chi connectivity index (χ1v) is 6.09. The van der Waals surface area contributed by atoms with Crippen LogP contribution in [0.3, 0.4) is 0 Å². The number of nitrogens with one attached hydrogen (secondary N) is 1. The molecule has 17 heavy (non-hydrogen) atoms. The third-order valence-electron chi connectivity index (χ3n) is 2.75. The average Bonchev–Trinajstić information content (AvgIpc) is 2.36. The van der Waals surface area contributed by atoms with Gasteiger partial charge in [0.1, 0.15) is 0 Å². The molecule has 0 aliphatic heterocycles. The molecule has 0 spiro atoms. The van der Waals surface area contributed by atoms with Gasteiger partial charge in [0.2, 0.25) is 5.88 Å². The number of hydrogen-bond acceptors (Lipinski definition) is 3. The molecule has 0 saturated carbocycles. The number of ether oxygens (including phenoxy) is 1. The fourth-order valence-corrected chi connectivity index (χ4v) is 1.51. The number of nitrogens with zero attached hydrogens (tertiary/aromatic N) is 1. The summed E-state index contributed by atoms with van der Waals surface area (Å²) in [6.45, 7) is 7.54. The molecule has 0 amide bonds. The number of hydrogen-bond donors (Lipinski definition) is 1. The third kappa shape index (κ3) is 4.57. The van der Waals surface area contributed by atoms with Crippen molar-refractivity contribution in [3.8, 4) is 5.88 Å². The Hall–Kier alpha value is -1.35. The van der Waals surface area contributed by atoms with Crippen LogP contribution in [0.25, 0.3) is 6.08 Å². The predicted octanol–water partition coefficient (Wildman–Crippen LogP) is 2.88. The molecule has 0 aliphatic rings. The molecule has 0 aromatic carbocycles. The lowest BCUT2D eigenvalue weighted by molar-refractivity contribution is 0.398. The summed E-state index contributed by atoms with van der Waals surface area (Å²) in [5.74, 6) is 0.650. The van der Waals surface area contributed by atoms with Crippen molar-refractivity contribution in [3.63, 3.8) is 0 Å². The molecule has 1 aromatic heterocycles. The fourth-order valence-electron chi connectivity index (χ4n) is 1.51. The van der Waals surface area contributed by atoms with E-state index in [1.807, 2.05) is 18.3 Å². The van der Waals surface area contributed by atoms with E-state index in [1.54, 1.807) is 7.11 Å². The molecule has 1 unspecified atom stereocenters. The van der Waals surface area contributed by atoms with Crippen LogP contribution >= 0.6 is 0 Å². The van der Waals surface area contributed by atoms with E-state index in [-0.39, 0.29) is 0 Å². The first kappa shape index (κ1) is 13.7. The SMILES string of the molecule is CCCNC(C)/C(C)=C/c1ccc(OC)nc1. The van der Waals surface area contributed by atoms with E-state index in [0.717, 1.165) is 18.5 Å². The van der Waals surface area contributed by atoms with Gasteiger partial charge >= 0.3 is 0 Å². The van der Waals surface area contributed by atoms with Gasteiger partial charge in [-0.3, -0.25) is 0 Å².